The fourth-order valence-corrected chi connectivity index (χ4v) is 3.88. The molecule has 0 radical (unpaired) electrons. The molecule has 0 unspecified atom stereocenters. The number of pyridine rings is 1. The van der Waals surface area contributed by atoms with Gasteiger partial charge in [-0.2, -0.15) is 0 Å². The number of nitrogens with one attached hydrogen (secondary N) is 2. The average Bonchev–Trinajstić information content (AvgIpc) is 3.29. The molecule has 0 bridgehead atoms. The van der Waals surface area contributed by atoms with Crippen molar-refractivity contribution < 1.29 is 14.5 Å². The van der Waals surface area contributed by atoms with E-state index >= 15 is 0 Å². The van der Waals surface area contributed by atoms with Gasteiger partial charge < -0.3 is 0 Å². The van der Waals surface area contributed by atoms with Crippen LogP contribution in [0.15, 0.2) is 84.3 Å². The molecule has 0 aliphatic heterocycles. The molecule has 0 aliphatic rings. The van der Waals surface area contributed by atoms with E-state index in [0.717, 1.165) is 29.0 Å². The van der Waals surface area contributed by atoms with Crippen LogP contribution >= 0.6 is 11.8 Å². The molecule has 4 rings (SSSR count). The summed E-state index contributed by atoms with van der Waals surface area (Å²) in [5.74, 6) is -0.552. The lowest BCUT2D eigenvalue weighted by molar-refractivity contribution is -0.384. The molecule has 2 amide bonds. The Labute approximate surface area is 203 Å². The molecular formula is C23H19N7O4S. The van der Waals surface area contributed by atoms with Crippen molar-refractivity contribution >= 4 is 29.3 Å². The molecule has 4 aromatic rings. The molecule has 2 heterocycles. The summed E-state index contributed by atoms with van der Waals surface area (Å²) >= 11 is 1.16. The number of non-ortho nitro benzene ring substituents is 1. The second-order valence-electron chi connectivity index (χ2n) is 7.21. The second-order valence-corrected chi connectivity index (χ2v) is 8.15. The zero-order valence-electron chi connectivity index (χ0n) is 18.2. The Morgan fingerprint density at radius 2 is 1.74 bits per heavy atom. The zero-order chi connectivity index (χ0) is 24.6. The van der Waals surface area contributed by atoms with Crippen molar-refractivity contribution in [2.24, 2.45) is 0 Å². The van der Waals surface area contributed by atoms with Gasteiger partial charge in [-0.3, -0.25) is 40.1 Å². The highest BCUT2D eigenvalue weighted by molar-refractivity contribution is 7.99. The minimum absolute atomic E-state index is 0.0432. The van der Waals surface area contributed by atoms with Crippen LogP contribution in [0.5, 0.6) is 0 Å². The van der Waals surface area contributed by atoms with Crippen LogP contribution in [-0.2, 0) is 11.3 Å². The largest absolute Gasteiger partial charge is 0.298 e. The van der Waals surface area contributed by atoms with E-state index in [2.05, 4.69) is 26.0 Å². The number of rotatable bonds is 8. The lowest BCUT2D eigenvalue weighted by Crippen LogP contribution is -2.42. The van der Waals surface area contributed by atoms with Crippen LogP contribution in [0.2, 0.25) is 0 Å². The van der Waals surface area contributed by atoms with Crippen LogP contribution in [0.1, 0.15) is 15.9 Å². The van der Waals surface area contributed by atoms with E-state index in [-0.39, 0.29) is 17.0 Å². The third-order valence-electron chi connectivity index (χ3n) is 4.81. The molecule has 0 saturated heterocycles. The maximum absolute atomic E-state index is 12.4. The topological polar surface area (TPSA) is 145 Å². The molecule has 0 aliphatic carbocycles. The van der Waals surface area contributed by atoms with E-state index in [1.165, 1.54) is 18.2 Å². The highest BCUT2D eigenvalue weighted by Gasteiger charge is 2.17. The number of hydrogen-bond donors (Lipinski definition) is 2. The van der Waals surface area contributed by atoms with E-state index in [1.807, 2.05) is 47.0 Å². The number of nitrogens with zero attached hydrogens (tertiary/aromatic N) is 5. The molecule has 2 N–H and O–H groups in total. The normalized spacial score (nSPS) is 10.5. The summed E-state index contributed by atoms with van der Waals surface area (Å²) in [6, 6.07) is 18.7. The molecule has 35 heavy (non-hydrogen) atoms. The van der Waals surface area contributed by atoms with Crippen molar-refractivity contribution in [2.75, 3.05) is 5.75 Å². The molecule has 12 heteroatoms. The van der Waals surface area contributed by atoms with Crippen LogP contribution in [0.3, 0.4) is 0 Å². The van der Waals surface area contributed by atoms with Gasteiger partial charge in [-0.1, -0.05) is 48.2 Å². The Bertz CT molecular complexity index is 1350. The molecule has 11 nitrogen and oxygen atoms in total. The van der Waals surface area contributed by atoms with E-state index in [1.54, 1.807) is 12.4 Å². The van der Waals surface area contributed by atoms with Crippen molar-refractivity contribution in [2.45, 2.75) is 11.7 Å². The predicted octanol–water partition coefficient (Wildman–Crippen LogP) is 2.85. The van der Waals surface area contributed by atoms with Crippen LogP contribution < -0.4 is 10.9 Å². The number of thioether (sulfide) groups is 1. The lowest BCUT2D eigenvalue weighted by atomic mass is 10.2. The van der Waals surface area contributed by atoms with Crippen LogP contribution in [0, 0.1) is 10.1 Å². The monoisotopic (exact) mass is 489 g/mol. The van der Waals surface area contributed by atoms with Crippen LogP contribution in [0.25, 0.3) is 11.4 Å². The van der Waals surface area contributed by atoms with Crippen molar-refractivity contribution in [3.05, 3.63) is 100 Å². The highest BCUT2D eigenvalue weighted by atomic mass is 32.2. The van der Waals surface area contributed by atoms with Gasteiger partial charge in [0, 0.05) is 35.7 Å². The molecule has 0 spiro atoms. The van der Waals surface area contributed by atoms with E-state index in [0.29, 0.717) is 17.5 Å². The van der Waals surface area contributed by atoms with Gasteiger partial charge in [0.2, 0.25) is 5.91 Å². The number of carbonyl (C=O) groups excluding carboxylic acids is 2. The number of nitro benzene ring substituents is 1. The minimum atomic E-state index is -0.667. The highest BCUT2D eigenvalue weighted by Crippen LogP contribution is 2.24. The molecule has 0 atom stereocenters. The van der Waals surface area contributed by atoms with Gasteiger partial charge in [0.1, 0.15) is 0 Å². The first kappa shape index (κ1) is 23.6. The Balaban J connectivity index is 1.42. The quantitative estimate of drug-likeness (QED) is 0.218. The number of benzene rings is 2. The Hall–Kier alpha value is -4.58. The summed E-state index contributed by atoms with van der Waals surface area (Å²) in [4.78, 5) is 38.9. The van der Waals surface area contributed by atoms with Crippen LogP contribution in [0.4, 0.5) is 5.69 Å². The van der Waals surface area contributed by atoms with Gasteiger partial charge in [0.25, 0.3) is 11.6 Å². The third-order valence-corrected chi connectivity index (χ3v) is 5.77. The maximum Gasteiger partial charge on any atom is 0.270 e. The number of amides is 2. The molecule has 2 aromatic carbocycles. The van der Waals surface area contributed by atoms with Gasteiger partial charge >= 0.3 is 0 Å². The Morgan fingerprint density at radius 1 is 0.971 bits per heavy atom. The fraction of sp³-hybridized carbons (Fsp3) is 0.0870. The zero-order valence-corrected chi connectivity index (χ0v) is 19.0. The van der Waals surface area contributed by atoms with E-state index < -0.39 is 16.7 Å². The average molecular weight is 490 g/mol. The third kappa shape index (κ3) is 6.06. The summed E-state index contributed by atoms with van der Waals surface area (Å²) in [5, 5.41) is 20.0. The summed E-state index contributed by atoms with van der Waals surface area (Å²) in [7, 11) is 0. The summed E-state index contributed by atoms with van der Waals surface area (Å²) < 4.78 is 1.91. The summed E-state index contributed by atoms with van der Waals surface area (Å²) in [5.41, 5.74) is 6.28. The first-order valence-corrected chi connectivity index (χ1v) is 11.3. The van der Waals surface area contributed by atoms with E-state index in [4.69, 9.17) is 0 Å². The molecular weight excluding hydrogens is 470 g/mol. The Kier molecular flexibility index (Phi) is 7.43. The minimum Gasteiger partial charge on any atom is -0.298 e. The standard InChI is InChI=1S/C23H19N7O4S/c31-20(25-27-22(32)18-7-4-8-19(13-18)30(33)34)15-35-23-28-26-21(17-9-11-24-12-10-17)29(23)14-16-5-2-1-3-6-16/h1-13H,14-15H2,(H,25,31)(H,27,32). The molecule has 2 aromatic heterocycles. The second kappa shape index (κ2) is 11.0. The maximum atomic E-state index is 12.4. The van der Waals surface area contributed by atoms with Crippen molar-refractivity contribution in [1.29, 1.82) is 0 Å². The number of hydrogen-bond acceptors (Lipinski definition) is 8. The van der Waals surface area contributed by atoms with Gasteiger partial charge in [0.05, 0.1) is 17.2 Å². The number of aromatic nitrogens is 4. The van der Waals surface area contributed by atoms with Gasteiger partial charge in [-0.05, 0) is 23.8 Å². The van der Waals surface area contributed by atoms with Gasteiger partial charge in [-0.25, -0.2) is 0 Å². The SMILES string of the molecule is O=C(CSc1nnc(-c2ccncc2)n1Cc1ccccc1)NNC(=O)c1cccc([N+](=O)[O-])c1. The van der Waals surface area contributed by atoms with Crippen molar-refractivity contribution in [1.82, 2.24) is 30.6 Å². The number of hydrazine groups is 1. The smallest absolute Gasteiger partial charge is 0.270 e. The summed E-state index contributed by atoms with van der Waals surface area (Å²) in [6.45, 7) is 0.499. The summed E-state index contributed by atoms with van der Waals surface area (Å²) in [6.07, 6.45) is 3.34. The van der Waals surface area contributed by atoms with Crippen LogP contribution in [-0.4, -0.2) is 42.2 Å². The number of nitro groups is 1. The predicted molar refractivity (Wildman–Crippen MR) is 128 cm³/mol. The molecule has 0 saturated carbocycles. The lowest BCUT2D eigenvalue weighted by Gasteiger charge is -2.11. The number of carbonyl (C=O) groups is 2. The van der Waals surface area contributed by atoms with Crippen molar-refractivity contribution in [3.63, 3.8) is 0 Å². The van der Waals surface area contributed by atoms with Gasteiger partial charge in [-0.15, -0.1) is 10.2 Å². The van der Waals surface area contributed by atoms with E-state index in [9.17, 15) is 19.7 Å². The first-order chi connectivity index (χ1) is 17.0. The first-order valence-electron chi connectivity index (χ1n) is 10.4. The van der Waals surface area contributed by atoms with Gasteiger partial charge in [0.15, 0.2) is 11.0 Å². The molecule has 0 fully saturated rings. The van der Waals surface area contributed by atoms with Crippen molar-refractivity contribution in [3.8, 4) is 11.4 Å². The Morgan fingerprint density at radius 3 is 2.49 bits per heavy atom. The fourth-order valence-electron chi connectivity index (χ4n) is 3.14. The molecule has 176 valence electrons.